The smallest absolute Gasteiger partial charge is 0.293 e. The van der Waals surface area contributed by atoms with Gasteiger partial charge in [-0.05, 0) is 36.8 Å². The van der Waals surface area contributed by atoms with Crippen LogP contribution in [0.5, 0.6) is 0 Å². The summed E-state index contributed by atoms with van der Waals surface area (Å²) in [5.74, 6) is 0. The van der Waals surface area contributed by atoms with E-state index in [-0.39, 0.29) is 16.0 Å². The Morgan fingerprint density at radius 3 is 2.55 bits per heavy atom. The molecule has 0 unspecified atom stereocenters. The highest BCUT2D eigenvalue weighted by Gasteiger charge is 2.40. The lowest BCUT2D eigenvalue weighted by atomic mass is 10.0. The number of hydrogen-bond donors (Lipinski definition) is 2. The van der Waals surface area contributed by atoms with Gasteiger partial charge in [0.1, 0.15) is 5.69 Å². The number of nitrogens with two attached hydrogens (primary N) is 1. The van der Waals surface area contributed by atoms with E-state index in [1.165, 1.54) is 12.1 Å². The van der Waals surface area contributed by atoms with E-state index in [0.29, 0.717) is 12.2 Å². The number of rotatable bonds is 6. The predicted octanol–water partition coefficient (Wildman–Crippen LogP) is 1.84. The molecule has 1 aliphatic carbocycles. The van der Waals surface area contributed by atoms with E-state index in [2.05, 4.69) is 12.2 Å². The third kappa shape index (κ3) is 3.07. The number of hydrogen-bond acceptors (Lipinski definition) is 5. The molecule has 0 amide bonds. The van der Waals surface area contributed by atoms with Crippen LogP contribution in [-0.2, 0) is 10.0 Å². The molecule has 0 radical (unpaired) electrons. The van der Waals surface area contributed by atoms with Gasteiger partial charge in [-0.3, -0.25) is 10.1 Å². The Morgan fingerprint density at radius 1 is 1.45 bits per heavy atom. The molecule has 0 saturated heterocycles. The summed E-state index contributed by atoms with van der Waals surface area (Å²) >= 11 is 0. The number of nitro groups is 1. The highest BCUT2D eigenvalue weighted by molar-refractivity contribution is 7.89. The standard InChI is InChI=1S/C12H17N3O4S/c1-2-12(5-6-12)8-14-10-4-3-9(20(13,18)19)7-11(10)15(16)17/h3-4,7,14H,2,5-6,8H2,1H3,(H2,13,18,19). The van der Waals surface area contributed by atoms with E-state index in [1.807, 2.05) is 0 Å². The lowest BCUT2D eigenvalue weighted by Gasteiger charge is -2.14. The quantitative estimate of drug-likeness (QED) is 0.614. The van der Waals surface area contributed by atoms with Gasteiger partial charge in [-0.1, -0.05) is 6.92 Å². The normalized spacial score (nSPS) is 16.7. The number of sulfonamides is 1. The average molecular weight is 299 g/mol. The summed E-state index contributed by atoms with van der Waals surface area (Å²) < 4.78 is 22.5. The maximum absolute atomic E-state index is 11.2. The third-order valence-electron chi connectivity index (χ3n) is 3.86. The summed E-state index contributed by atoms with van der Waals surface area (Å²) in [4.78, 5) is 10.2. The van der Waals surface area contributed by atoms with Gasteiger partial charge in [-0.25, -0.2) is 13.6 Å². The SMILES string of the molecule is CCC1(CNc2ccc(S(N)(=O)=O)cc2[N+](=O)[O-])CC1. The van der Waals surface area contributed by atoms with Crippen molar-refractivity contribution in [3.8, 4) is 0 Å². The number of benzene rings is 1. The Bertz CT molecular complexity index is 638. The van der Waals surface area contributed by atoms with Crippen LogP contribution in [0.1, 0.15) is 26.2 Å². The van der Waals surface area contributed by atoms with Crippen LogP contribution in [0.2, 0.25) is 0 Å². The Kier molecular flexibility index (Phi) is 3.70. The van der Waals surface area contributed by atoms with Gasteiger partial charge < -0.3 is 5.32 Å². The van der Waals surface area contributed by atoms with Crippen molar-refractivity contribution in [3.05, 3.63) is 28.3 Å². The fraction of sp³-hybridized carbons (Fsp3) is 0.500. The van der Waals surface area contributed by atoms with Gasteiger partial charge in [0.25, 0.3) is 5.69 Å². The largest absolute Gasteiger partial charge is 0.379 e. The maximum atomic E-state index is 11.2. The topological polar surface area (TPSA) is 115 Å². The van der Waals surface area contributed by atoms with Crippen molar-refractivity contribution >= 4 is 21.4 Å². The van der Waals surface area contributed by atoms with Crippen LogP contribution in [0.15, 0.2) is 23.1 Å². The van der Waals surface area contributed by atoms with E-state index in [4.69, 9.17) is 5.14 Å². The molecule has 8 heteroatoms. The number of nitrogens with zero attached hydrogens (tertiary/aromatic N) is 1. The first-order valence-corrected chi connectivity index (χ1v) is 7.87. The van der Waals surface area contributed by atoms with E-state index in [9.17, 15) is 18.5 Å². The Labute approximate surface area is 117 Å². The van der Waals surface area contributed by atoms with E-state index in [0.717, 1.165) is 25.3 Å². The highest BCUT2D eigenvalue weighted by atomic mass is 32.2. The average Bonchev–Trinajstić information content (AvgIpc) is 3.15. The molecule has 1 saturated carbocycles. The minimum atomic E-state index is -3.94. The summed E-state index contributed by atoms with van der Waals surface area (Å²) in [5, 5.41) is 19.1. The molecule has 7 nitrogen and oxygen atoms in total. The fourth-order valence-electron chi connectivity index (χ4n) is 2.10. The zero-order chi connectivity index (χ0) is 15.0. The molecule has 2 rings (SSSR count). The number of nitrogens with one attached hydrogen (secondary N) is 1. The molecular weight excluding hydrogens is 282 g/mol. The van der Waals surface area contributed by atoms with E-state index < -0.39 is 14.9 Å². The van der Waals surface area contributed by atoms with Crippen LogP contribution in [0.4, 0.5) is 11.4 Å². The third-order valence-corrected chi connectivity index (χ3v) is 4.77. The zero-order valence-corrected chi connectivity index (χ0v) is 11.9. The Morgan fingerprint density at radius 2 is 2.10 bits per heavy atom. The van der Waals surface area contributed by atoms with Crippen molar-refractivity contribution in [2.24, 2.45) is 10.6 Å². The highest BCUT2D eigenvalue weighted by Crippen LogP contribution is 2.48. The van der Waals surface area contributed by atoms with E-state index >= 15 is 0 Å². The first kappa shape index (κ1) is 14.7. The van der Waals surface area contributed by atoms with Gasteiger partial charge in [0.05, 0.1) is 9.82 Å². The molecule has 110 valence electrons. The Balaban J connectivity index is 2.26. The van der Waals surface area contributed by atoms with Crippen LogP contribution in [0, 0.1) is 15.5 Å². The fourth-order valence-corrected chi connectivity index (χ4v) is 2.64. The van der Waals surface area contributed by atoms with Crippen LogP contribution in [0.25, 0.3) is 0 Å². The molecule has 1 aromatic carbocycles. The minimum absolute atomic E-state index is 0.229. The molecule has 1 aliphatic rings. The molecule has 0 atom stereocenters. The molecule has 0 heterocycles. The number of anilines is 1. The molecule has 1 aromatic rings. The second-order valence-corrected chi connectivity index (χ2v) is 6.75. The molecule has 0 bridgehead atoms. The molecular formula is C12H17N3O4S. The summed E-state index contributed by atoms with van der Waals surface area (Å²) in [6.45, 7) is 2.74. The monoisotopic (exact) mass is 299 g/mol. The predicted molar refractivity (Wildman–Crippen MR) is 74.9 cm³/mol. The first-order valence-electron chi connectivity index (χ1n) is 6.32. The molecule has 20 heavy (non-hydrogen) atoms. The maximum Gasteiger partial charge on any atom is 0.293 e. The zero-order valence-electron chi connectivity index (χ0n) is 11.1. The van der Waals surface area contributed by atoms with Gasteiger partial charge >= 0.3 is 0 Å². The summed E-state index contributed by atoms with van der Waals surface area (Å²) in [6.07, 6.45) is 3.24. The molecule has 0 aliphatic heterocycles. The summed E-state index contributed by atoms with van der Waals surface area (Å²) in [7, 11) is -3.94. The van der Waals surface area contributed by atoms with Crippen LogP contribution in [0.3, 0.4) is 0 Å². The molecule has 0 aromatic heterocycles. The Hall–Kier alpha value is -1.67. The van der Waals surface area contributed by atoms with Crippen LogP contribution < -0.4 is 10.5 Å². The van der Waals surface area contributed by atoms with Crippen molar-refractivity contribution in [2.45, 2.75) is 31.1 Å². The summed E-state index contributed by atoms with van der Waals surface area (Å²) in [6, 6.07) is 3.66. The molecule has 3 N–H and O–H groups in total. The number of nitro benzene ring substituents is 1. The van der Waals surface area contributed by atoms with E-state index in [1.54, 1.807) is 0 Å². The van der Waals surface area contributed by atoms with Crippen molar-refractivity contribution in [3.63, 3.8) is 0 Å². The molecule has 1 fully saturated rings. The molecule has 0 spiro atoms. The van der Waals surface area contributed by atoms with Crippen molar-refractivity contribution in [2.75, 3.05) is 11.9 Å². The van der Waals surface area contributed by atoms with Gasteiger partial charge in [0.15, 0.2) is 0 Å². The van der Waals surface area contributed by atoms with Gasteiger partial charge in [0, 0.05) is 12.6 Å². The lowest BCUT2D eigenvalue weighted by molar-refractivity contribution is -0.384. The summed E-state index contributed by atoms with van der Waals surface area (Å²) in [5.41, 5.74) is 0.275. The van der Waals surface area contributed by atoms with Gasteiger partial charge in [-0.2, -0.15) is 0 Å². The van der Waals surface area contributed by atoms with Crippen molar-refractivity contribution in [1.82, 2.24) is 0 Å². The van der Waals surface area contributed by atoms with Crippen molar-refractivity contribution in [1.29, 1.82) is 0 Å². The second-order valence-electron chi connectivity index (χ2n) is 5.19. The van der Waals surface area contributed by atoms with Crippen molar-refractivity contribution < 1.29 is 13.3 Å². The van der Waals surface area contributed by atoms with Gasteiger partial charge in [0.2, 0.25) is 10.0 Å². The number of primary sulfonamides is 1. The second kappa shape index (κ2) is 5.02. The lowest BCUT2D eigenvalue weighted by Crippen LogP contribution is -2.16. The van der Waals surface area contributed by atoms with Crippen LogP contribution >= 0.6 is 0 Å². The van der Waals surface area contributed by atoms with Gasteiger partial charge in [-0.15, -0.1) is 0 Å². The van der Waals surface area contributed by atoms with Crippen LogP contribution in [-0.4, -0.2) is 19.9 Å². The first-order chi connectivity index (χ1) is 9.27. The minimum Gasteiger partial charge on any atom is -0.379 e.